The van der Waals surface area contributed by atoms with Crippen LogP contribution in [0.5, 0.6) is 0 Å². The molecule has 108 valence electrons. The van der Waals surface area contributed by atoms with Gasteiger partial charge in [-0.2, -0.15) is 5.10 Å². The molecule has 0 aliphatic heterocycles. The third-order valence-electron chi connectivity index (χ3n) is 2.57. The lowest BCUT2D eigenvalue weighted by Gasteiger charge is -2.05. The Kier molecular flexibility index (Phi) is 4.75. The smallest absolute Gasteiger partial charge is 0.328 e. The molecular weight excluding hydrogens is 274 g/mol. The highest BCUT2D eigenvalue weighted by molar-refractivity contribution is 5.97. The quantitative estimate of drug-likeness (QED) is 0.656. The van der Waals surface area contributed by atoms with Gasteiger partial charge in [0.2, 0.25) is 0 Å². The number of pyridine rings is 1. The third kappa shape index (κ3) is 4.23. The van der Waals surface area contributed by atoms with Crippen LogP contribution in [-0.2, 0) is 11.2 Å². The molecule has 0 aromatic carbocycles. The molecule has 0 aliphatic rings. The molecule has 8 nitrogen and oxygen atoms in total. The number of H-pyrrole nitrogens is 1. The van der Waals surface area contributed by atoms with Gasteiger partial charge in [0.05, 0.1) is 0 Å². The lowest BCUT2D eigenvalue weighted by molar-refractivity contribution is -0.131. The van der Waals surface area contributed by atoms with Gasteiger partial charge >= 0.3 is 5.97 Å². The van der Waals surface area contributed by atoms with Crippen molar-refractivity contribution in [1.82, 2.24) is 25.5 Å². The highest BCUT2D eigenvalue weighted by Gasteiger charge is 2.11. The number of nitrogens with one attached hydrogen (secondary N) is 2. The van der Waals surface area contributed by atoms with Crippen LogP contribution >= 0.6 is 0 Å². The van der Waals surface area contributed by atoms with Gasteiger partial charge in [-0.1, -0.05) is 6.07 Å². The van der Waals surface area contributed by atoms with Gasteiger partial charge in [0.1, 0.15) is 17.8 Å². The summed E-state index contributed by atoms with van der Waals surface area (Å²) in [5.74, 6) is -0.794. The summed E-state index contributed by atoms with van der Waals surface area (Å²) >= 11 is 0. The summed E-state index contributed by atoms with van der Waals surface area (Å²) in [6.07, 6.45) is 5.68. The van der Waals surface area contributed by atoms with Crippen molar-refractivity contribution < 1.29 is 14.7 Å². The van der Waals surface area contributed by atoms with Crippen LogP contribution < -0.4 is 5.32 Å². The normalized spacial score (nSPS) is 10.7. The number of hydrogen-bond donors (Lipinski definition) is 3. The van der Waals surface area contributed by atoms with E-state index in [-0.39, 0.29) is 11.6 Å². The van der Waals surface area contributed by atoms with Crippen LogP contribution in [0.1, 0.15) is 21.9 Å². The molecule has 0 saturated carbocycles. The molecular formula is C13H13N5O3. The number of aromatic nitrogens is 4. The second kappa shape index (κ2) is 6.94. The summed E-state index contributed by atoms with van der Waals surface area (Å²) in [7, 11) is 0. The number of carbonyl (C=O) groups is 2. The number of carbonyl (C=O) groups excluding carboxylic acids is 1. The molecule has 0 radical (unpaired) electrons. The van der Waals surface area contributed by atoms with Gasteiger partial charge in [-0.3, -0.25) is 14.9 Å². The van der Waals surface area contributed by atoms with Crippen molar-refractivity contribution in [2.45, 2.75) is 6.42 Å². The molecule has 2 aromatic rings. The van der Waals surface area contributed by atoms with Gasteiger partial charge in [-0.15, -0.1) is 0 Å². The summed E-state index contributed by atoms with van der Waals surface area (Å²) in [5, 5.41) is 17.7. The maximum absolute atomic E-state index is 12.0. The molecule has 0 unspecified atom stereocenters. The van der Waals surface area contributed by atoms with Crippen molar-refractivity contribution in [1.29, 1.82) is 0 Å². The van der Waals surface area contributed by atoms with Crippen LogP contribution in [0.15, 0.2) is 30.7 Å². The molecule has 2 aromatic heterocycles. The molecule has 0 aliphatic carbocycles. The van der Waals surface area contributed by atoms with Gasteiger partial charge in [-0.25, -0.2) is 9.78 Å². The molecule has 2 heterocycles. The summed E-state index contributed by atoms with van der Waals surface area (Å²) < 4.78 is 0. The number of nitrogens with zero attached hydrogens (tertiary/aromatic N) is 3. The molecule has 0 spiro atoms. The largest absolute Gasteiger partial charge is 0.478 e. The molecule has 0 bridgehead atoms. The van der Waals surface area contributed by atoms with Crippen molar-refractivity contribution >= 4 is 18.0 Å². The number of amides is 1. The fourth-order valence-electron chi connectivity index (χ4n) is 1.63. The highest BCUT2D eigenvalue weighted by atomic mass is 16.4. The summed E-state index contributed by atoms with van der Waals surface area (Å²) in [4.78, 5) is 30.5. The third-order valence-corrected chi connectivity index (χ3v) is 2.57. The topological polar surface area (TPSA) is 121 Å². The first-order chi connectivity index (χ1) is 10.2. The number of aromatic amines is 1. The Balaban J connectivity index is 2.00. The fourth-order valence-corrected chi connectivity index (χ4v) is 1.63. The van der Waals surface area contributed by atoms with E-state index in [0.29, 0.717) is 24.4 Å². The maximum Gasteiger partial charge on any atom is 0.328 e. The summed E-state index contributed by atoms with van der Waals surface area (Å²) in [6, 6.07) is 3.25. The Morgan fingerprint density at radius 2 is 2.24 bits per heavy atom. The molecule has 0 atom stereocenters. The average Bonchev–Trinajstić information content (AvgIpc) is 2.98. The van der Waals surface area contributed by atoms with Crippen LogP contribution in [0.2, 0.25) is 0 Å². The molecule has 2 rings (SSSR count). The first kappa shape index (κ1) is 14.4. The Morgan fingerprint density at radius 3 is 2.95 bits per heavy atom. The molecule has 0 saturated heterocycles. The SMILES string of the molecule is O=C(O)/C=C/c1cccnc1C(=O)NCCc1ncn[nH]1. The first-order valence-electron chi connectivity index (χ1n) is 6.15. The minimum absolute atomic E-state index is 0.174. The molecule has 1 amide bonds. The van der Waals surface area contributed by atoms with E-state index in [1.807, 2.05) is 0 Å². The van der Waals surface area contributed by atoms with Gasteiger partial charge in [-0.05, 0) is 12.1 Å². The molecule has 0 fully saturated rings. The van der Waals surface area contributed by atoms with E-state index in [1.165, 1.54) is 18.6 Å². The van der Waals surface area contributed by atoms with E-state index >= 15 is 0 Å². The summed E-state index contributed by atoms with van der Waals surface area (Å²) in [5.41, 5.74) is 0.615. The lowest BCUT2D eigenvalue weighted by atomic mass is 10.1. The van der Waals surface area contributed by atoms with Crippen LogP contribution in [0, 0.1) is 0 Å². The highest BCUT2D eigenvalue weighted by Crippen LogP contribution is 2.07. The van der Waals surface area contributed by atoms with Gasteiger partial charge in [0.25, 0.3) is 5.91 Å². The van der Waals surface area contributed by atoms with E-state index in [1.54, 1.807) is 12.1 Å². The molecule has 3 N–H and O–H groups in total. The van der Waals surface area contributed by atoms with E-state index in [2.05, 4.69) is 25.5 Å². The van der Waals surface area contributed by atoms with E-state index in [0.717, 1.165) is 6.08 Å². The van der Waals surface area contributed by atoms with Gasteiger partial charge in [0, 0.05) is 30.8 Å². The van der Waals surface area contributed by atoms with Gasteiger partial charge in [0.15, 0.2) is 0 Å². The van der Waals surface area contributed by atoms with Crippen molar-refractivity contribution in [3.63, 3.8) is 0 Å². The summed E-state index contributed by atoms with van der Waals surface area (Å²) in [6.45, 7) is 0.368. The Bertz CT molecular complexity index is 652. The zero-order valence-corrected chi connectivity index (χ0v) is 11.0. The van der Waals surface area contributed by atoms with Gasteiger partial charge < -0.3 is 10.4 Å². The Labute approximate surface area is 119 Å². The van der Waals surface area contributed by atoms with E-state index in [9.17, 15) is 9.59 Å². The minimum atomic E-state index is -1.09. The van der Waals surface area contributed by atoms with Crippen molar-refractivity contribution in [3.05, 3.63) is 47.8 Å². The first-order valence-corrected chi connectivity index (χ1v) is 6.15. The predicted molar refractivity (Wildman–Crippen MR) is 73.3 cm³/mol. The van der Waals surface area contributed by atoms with Crippen LogP contribution in [0.4, 0.5) is 0 Å². The monoisotopic (exact) mass is 287 g/mol. The second-order valence-electron chi connectivity index (χ2n) is 4.05. The fraction of sp³-hybridized carbons (Fsp3) is 0.154. The van der Waals surface area contributed by atoms with E-state index in [4.69, 9.17) is 5.11 Å². The Hall–Kier alpha value is -3.03. The zero-order valence-electron chi connectivity index (χ0n) is 11.0. The van der Waals surface area contributed by atoms with E-state index < -0.39 is 5.97 Å². The minimum Gasteiger partial charge on any atom is -0.478 e. The van der Waals surface area contributed by atoms with Crippen LogP contribution in [0.25, 0.3) is 6.08 Å². The predicted octanol–water partition coefficient (Wildman–Crippen LogP) is 0.270. The Morgan fingerprint density at radius 1 is 1.38 bits per heavy atom. The second-order valence-corrected chi connectivity index (χ2v) is 4.05. The molecule has 21 heavy (non-hydrogen) atoms. The van der Waals surface area contributed by atoms with Crippen LogP contribution in [0.3, 0.4) is 0 Å². The van der Waals surface area contributed by atoms with Crippen molar-refractivity contribution in [2.75, 3.05) is 6.54 Å². The number of carboxylic acid groups (broad SMARTS) is 1. The van der Waals surface area contributed by atoms with Crippen LogP contribution in [-0.4, -0.2) is 43.7 Å². The average molecular weight is 287 g/mol. The number of hydrogen-bond acceptors (Lipinski definition) is 5. The zero-order chi connectivity index (χ0) is 15.1. The number of rotatable bonds is 6. The number of carboxylic acids is 1. The standard InChI is InChI=1S/C13H13N5O3/c19-11(20)4-3-9-2-1-6-14-12(9)13(21)15-7-5-10-16-8-17-18-10/h1-4,6,8H,5,7H2,(H,15,21)(H,19,20)(H,16,17,18)/b4-3+. The number of aliphatic carboxylic acids is 1. The van der Waals surface area contributed by atoms with Crippen molar-refractivity contribution in [3.8, 4) is 0 Å². The maximum atomic E-state index is 12.0. The molecule has 8 heteroatoms. The lowest BCUT2D eigenvalue weighted by Crippen LogP contribution is -2.27. The van der Waals surface area contributed by atoms with Crippen molar-refractivity contribution in [2.24, 2.45) is 0 Å².